The summed E-state index contributed by atoms with van der Waals surface area (Å²) in [7, 11) is 0. The van der Waals surface area contributed by atoms with Gasteiger partial charge in [0.2, 0.25) is 0 Å². The first kappa shape index (κ1) is 15.7. The molecule has 23 heavy (non-hydrogen) atoms. The Morgan fingerprint density at radius 2 is 2.09 bits per heavy atom. The standard InChI is InChI=1S/C19H23N3O/c20-12-14-4-1-6-16(10-14)19(23)22-18-8-2-5-15(11-18)17-7-3-9-21-13-17/h1-2,4-6,8,10-11,17,21H,3,7,9,12-13,20H2,(H,22,23). The zero-order chi connectivity index (χ0) is 16.1. The fourth-order valence-electron chi connectivity index (χ4n) is 3.05. The zero-order valence-corrected chi connectivity index (χ0v) is 13.2. The van der Waals surface area contributed by atoms with Crippen molar-refractivity contribution in [2.24, 2.45) is 5.73 Å². The van der Waals surface area contributed by atoms with Crippen LogP contribution in [0.15, 0.2) is 48.5 Å². The Morgan fingerprint density at radius 3 is 2.87 bits per heavy atom. The molecule has 0 radical (unpaired) electrons. The van der Waals surface area contributed by atoms with E-state index in [2.05, 4.69) is 22.8 Å². The highest BCUT2D eigenvalue weighted by Crippen LogP contribution is 2.25. The lowest BCUT2D eigenvalue weighted by Crippen LogP contribution is -2.28. The van der Waals surface area contributed by atoms with Crippen molar-refractivity contribution in [1.29, 1.82) is 0 Å². The van der Waals surface area contributed by atoms with Crippen LogP contribution in [-0.2, 0) is 6.54 Å². The molecule has 2 aromatic rings. The molecular formula is C19H23N3O. The van der Waals surface area contributed by atoms with Crippen molar-refractivity contribution in [2.45, 2.75) is 25.3 Å². The van der Waals surface area contributed by atoms with Gasteiger partial charge < -0.3 is 16.4 Å². The largest absolute Gasteiger partial charge is 0.326 e. The second-order valence-electron chi connectivity index (χ2n) is 6.03. The topological polar surface area (TPSA) is 67.2 Å². The van der Waals surface area contributed by atoms with Gasteiger partial charge >= 0.3 is 0 Å². The van der Waals surface area contributed by atoms with Gasteiger partial charge in [-0.2, -0.15) is 0 Å². The average Bonchev–Trinajstić information content (AvgIpc) is 2.63. The highest BCUT2D eigenvalue weighted by molar-refractivity contribution is 6.04. The molecule has 1 amide bonds. The number of hydrogen-bond acceptors (Lipinski definition) is 3. The number of carbonyl (C=O) groups is 1. The summed E-state index contributed by atoms with van der Waals surface area (Å²) in [4.78, 5) is 12.4. The highest BCUT2D eigenvalue weighted by Gasteiger charge is 2.15. The predicted molar refractivity (Wildman–Crippen MR) is 93.6 cm³/mol. The second-order valence-corrected chi connectivity index (χ2v) is 6.03. The number of rotatable bonds is 4. The number of benzene rings is 2. The summed E-state index contributed by atoms with van der Waals surface area (Å²) in [6, 6.07) is 15.6. The SMILES string of the molecule is NCc1cccc(C(=O)Nc2cccc(C3CCCNC3)c2)c1. The first-order valence-electron chi connectivity index (χ1n) is 8.17. The van der Waals surface area contributed by atoms with Gasteiger partial charge in [0.15, 0.2) is 0 Å². The van der Waals surface area contributed by atoms with E-state index in [0.29, 0.717) is 18.0 Å². The lowest BCUT2D eigenvalue weighted by Gasteiger charge is -2.23. The fourth-order valence-corrected chi connectivity index (χ4v) is 3.05. The van der Waals surface area contributed by atoms with Crippen molar-refractivity contribution >= 4 is 11.6 Å². The van der Waals surface area contributed by atoms with E-state index < -0.39 is 0 Å². The Morgan fingerprint density at radius 1 is 1.22 bits per heavy atom. The third kappa shape index (κ3) is 3.97. The highest BCUT2D eigenvalue weighted by atomic mass is 16.1. The Bertz CT molecular complexity index is 678. The van der Waals surface area contributed by atoms with Crippen LogP contribution >= 0.6 is 0 Å². The fraction of sp³-hybridized carbons (Fsp3) is 0.316. The van der Waals surface area contributed by atoms with E-state index >= 15 is 0 Å². The van der Waals surface area contributed by atoms with Crippen LogP contribution in [0.1, 0.15) is 40.2 Å². The number of hydrogen-bond donors (Lipinski definition) is 3. The van der Waals surface area contributed by atoms with Crippen molar-refractivity contribution in [3.8, 4) is 0 Å². The molecule has 0 aliphatic carbocycles. The molecule has 4 nitrogen and oxygen atoms in total. The molecule has 1 saturated heterocycles. The first-order valence-corrected chi connectivity index (χ1v) is 8.17. The van der Waals surface area contributed by atoms with Gasteiger partial charge in [0.25, 0.3) is 5.91 Å². The van der Waals surface area contributed by atoms with Crippen molar-refractivity contribution in [2.75, 3.05) is 18.4 Å². The normalized spacial score (nSPS) is 17.7. The summed E-state index contributed by atoms with van der Waals surface area (Å²) in [6.07, 6.45) is 2.40. The number of nitrogens with one attached hydrogen (secondary N) is 2. The van der Waals surface area contributed by atoms with Gasteiger partial charge in [-0.25, -0.2) is 0 Å². The zero-order valence-electron chi connectivity index (χ0n) is 13.2. The van der Waals surface area contributed by atoms with Crippen molar-refractivity contribution < 1.29 is 4.79 Å². The van der Waals surface area contributed by atoms with Gasteiger partial charge in [-0.3, -0.25) is 4.79 Å². The predicted octanol–water partition coefficient (Wildman–Crippen LogP) is 2.86. The van der Waals surface area contributed by atoms with Crippen LogP contribution in [0, 0.1) is 0 Å². The molecule has 3 rings (SSSR count). The lowest BCUT2D eigenvalue weighted by atomic mass is 9.91. The van der Waals surface area contributed by atoms with E-state index in [4.69, 9.17) is 5.73 Å². The van der Waals surface area contributed by atoms with Crippen molar-refractivity contribution in [3.05, 3.63) is 65.2 Å². The molecule has 0 aromatic heterocycles. The van der Waals surface area contributed by atoms with Crippen LogP contribution in [0.3, 0.4) is 0 Å². The van der Waals surface area contributed by atoms with Gasteiger partial charge in [0, 0.05) is 24.3 Å². The minimum absolute atomic E-state index is 0.0979. The number of anilines is 1. The third-order valence-electron chi connectivity index (χ3n) is 4.34. The van der Waals surface area contributed by atoms with Crippen LogP contribution in [0.5, 0.6) is 0 Å². The van der Waals surface area contributed by atoms with Crippen LogP contribution in [-0.4, -0.2) is 19.0 Å². The Labute approximate surface area is 137 Å². The second kappa shape index (κ2) is 7.40. The molecule has 1 atom stereocenters. The summed E-state index contributed by atoms with van der Waals surface area (Å²) < 4.78 is 0. The third-order valence-corrected chi connectivity index (χ3v) is 4.34. The molecule has 1 fully saturated rings. The molecule has 1 aliphatic rings. The average molecular weight is 309 g/mol. The molecule has 2 aromatic carbocycles. The molecule has 4 heteroatoms. The summed E-state index contributed by atoms with van der Waals surface area (Å²) in [5.74, 6) is 0.431. The monoisotopic (exact) mass is 309 g/mol. The number of carbonyl (C=O) groups excluding carboxylic acids is 1. The van der Waals surface area contributed by atoms with E-state index in [1.165, 1.54) is 18.4 Å². The first-order chi connectivity index (χ1) is 11.3. The van der Waals surface area contributed by atoms with Crippen LogP contribution in [0.2, 0.25) is 0 Å². The molecule has 120 valence electrons. The van der Waals surface area contributed by atoms with Gasteiger partial charge in [0.1, 0.15) is 0 Å². The van der Waals surface area contributed by atoms with Gasteiger partial charge in [-0.15, -0.1) is 0 Å². The Kier molecular flexibility index (Phi) is 5.05. The lowest BCUT2D eigenvalue weighted by molar-refractivity contribution is 0.102. The van der Waals surface area contributed by atoms with E-state index in [-0.39, 0.29) is 5.91 Å². The smallest absolute Gasteiger partial charge is 0.255 e. The summed E-state index contributed by atoms with van der Waals surface area (Å²) in [5.41, 5.74) is 9.36. The van der Waals surface area contributed by atoms with Gasteiger partial charge in [-0.1, -0.05) is 24.3 Å². The number of nitrogens with two attached hydrogens (primary N) is 1. The quantitative estimate of drug-likeness (QED) is 0.813. The summed E-state index contributed by atoms with van der Waals surface area (Å²) in [6.45, 7) is 2.55. The molecule has 1 unspecified atom stereocenters. The molecule has 4 N–H and O–H groups in total. The van der Waals surface area contributed by atoms with Gasteiger partial charge in [0.05, 0.1) is 0 Å². The van der Waals surface area contributed by atoms with Crippen molar-refractivity contribution in [3.63, 3.8) is 0 Å². The minimum Gasteiger partial charge on any atom is -0.326 e. The van der Waals surface area contributed by atoms with E-state index in [1.54, 1.807) is 0 Å². The minimum atomic E-state index is -0.0979. The van der Waals surface area contributed by atoms with E-state index in [9.17, 15) is 4.79 Å². The Hall–Kier alpha value is -2.17. The summed E-state index contributed by atoms with van der Waals surface area (Å²) >= 11 is 0. The molecule has 0 saturated carbocycles. The van der Waals surface area contributed by atoms with E-state index in [0.717, 1.165) is 24.3 Å². The molecule has 1 aliphatic heterocycles. The molecule has 0 bridgehead atoms. The number of piperidine rings is 1. The maximum absolute atomic E-state index is 12.4. The molecular weight excluding hydrogens is 286 g/mol. The van der Waals surface area contributed by atoms with Crippen LogP contribution in [0.25, 0.3) is 0 Å². The maximum atomic E-state index is 12.4. The van der Waals surface area contributed by atoms with Crippen LogP contribution < -0.4 is 16.4 Å². The maximum Gasteiger partial charge on any atom is 0.255 e. The number of amides is 1. The molecule has 1 heterocycles. The Balaban J connectivity index is 1.73. The van der Waals surface area contributed by atoms with Gasteiger partial charge in [-0.05, 0) is 60.7 Å². The van der Waals surface area contributed by atoms with Crippen molar-refractivity contribution in [1.82, 2.24) is 5.32 Å². The van der Waals surface area contributed by atoms with Crippen LogP contribution in [0.4, 0.5) is 5.69 Å². The molecule has 0 spiro atoms. The summed E-state index contributed by atoms with van der Waals surface area (Å²) in [5, 5.41) is 6.42. The van der Waals surface area contributed by atoms with E-state index in [1.807, 2.05) is 36.4 Å².